The molecule has 0 spiro atoms. The van der Waals surface area contributed by atoms with Crippen molar-refractivity contribution in [2.45, 2.75) is 45.7 Å². The Morgan fingerprint density at radius 3 is 2.73 bits per heavy atom. The van der Waals surface area contributed by atoms with Crippen molar-refractivity contribution >= 4 is 5.78 Å². The molecule has 3 aliphatic heterocycles. The Morgan fingerprint density at radius 1 is 1.21 bits per heavy atom. The summed E-state index contributed by atoms with van der Waals surface area (Å²) in [5, 5.41) is 4.57. The number of rotatable bonds is 4. The number of ether oxygens (including phenoxy) is 2. The minimum absolute atomic E-state index is 0.161. The van der Waals surface area contributed by atoms with Crippen LogP contribution >= 0.6 is 0 Å². The molecule has 6 rings (SSSR count). The molecule has 2 aromatic heterocycles. The minimum Gasteiger partial charge on any atom is -0.492 e. The fraction of sp³-hybridized carbons (Fsp3) is 0.423. The summed E-state index contributed by atoms with van der Waals surface area (Å²) in [6.07, 6.45) is 7.39. The number of aromatic nitrogens is 3. The van der Waals surface area contributed by atoms with Gasteiger partial charge in [0.05, 0.1) is 43.3 Å². The van der Waals surface area contributed by atoms with Crippen molar-refractivity contribution in [3.8, 4) is 28.1 Å². The number of hydrogen-bond acceptors (Lipinski definition) is 5. The van der Waals surface area contributed by atoms with Gasteiger partial charge < -0.3 is 14.0 Å². The van der Waals surface area contributed by atoms with Crippen molar-refractivity contribution in [2.24, 2.45) is 5.92 Å². The van der Waals surface area contributed by atoms with Crippen molar-refractivity contribution < 1.29 is 14.3 Å². The number of pyridine rings is 1. The van der Waals surface area contributed by atoms with Crippen LogP contribution in [0.15, 0.2) is 35.5 Å². The van der Waals surface area contributed by atoms with E-state index >= 15 is 0 Å². The van der Waals surface area contributed by atoms with Gasteiger partial charge >= 0.3 is 0 Å². The predicted molar refractivity (Wildman–Crippen MR) is 124 cm³/mol. The molecule has 3 aromatic rings. The van der Waals surface area contributed by atoms with Gasteiger partial charge in [-0.3, -0.25) is 14.3 Å². The molecule has 170 valence electrons. The third-order valence-corrected chi connectivity index (χ3v) is 7.24. The Bertz CT molecular complexity index is 1350. The lowest BCUT2D eigenvalue weighted by Crippen LogP contribution is -2.30. The Labute approximate surface area is 191 Å². The molecule has 5 heterocycles. The molecule has 0 saturated carbocycles. The number of ketones is 1. The highest BCUT2D eigenvalue weighted by atomic mass is 16.5. The molecule has 1 aromatic carbocycles. The van der Waals surface area contributed by atoms with Crippen molar-refractivity contribution in [1.82, 2.24) is 14.3 Å². The third-order valence-electron chi connectivity index (χ3n) is 7.24. The summed E-state index contributed by atoms with van der Waals surface area (Å²) in [4.78, 5) is 24.9. The van der Waals surface area contributed by atoms with Crippen molar-refractivity contribution in [3.05, 3.63) is 57.6 Å². The van der Waals surface area contributed by atoms with Gasteiger partial charge in [-0.2, -0.15) is 5.10 Å². The first kappa shape index (κ1) is 20.4. The second kappa shape index (κ2) is 7.42. The first-order chi connectivity index (χ1) is 15.9. The van der Waals surface area contributed by atoms with E-state index in [2.05, 4.69) is 35.8 Å². The van der Waals surface area contributed by atoms with E-state index in [4.69, 9.17) is 9.47 Å². The Balaban J connectivity index is 1.56. The van der Waals surface area contributed by atoms with Crippen LogP contribution in [0.3, 0.4) is 0 Å². The maximum absolute atomic E-state index is 12.8. The van der Waals surface area contributed by atoms with Crippen LogP contribution in [0, 0.1) is 5.92 Å². The number of hydrogen-bond donors (Lipinski definition) is 0. The molecule has 1 unspecified atom stereocenters. The maximum atomic E-state index is 12.8. The summed E-state index contributed by atoms with van der Waals surface area (Å²) in [6.45, 7) is 7.85. The fourth-order valence-corrected chi connectivity index (χ4v) is 5.36. The first-order valence-corrected chi connectivity index (χ1v) is 11.6. The highest BCUT2D eigenvalue weighted by Gasteiger charge is 2.33. The third kappa shape index (κ3) is 3.09. The van der Waals surface area contributed by atoms with E-state index in [0.717, 1.165) is 46.5 Å². The van der Waals surface area contributed by atoms with Gasteiger partial charge in [0, 0.05) is 53.2 Å². The van der Waals surface area contributed by atoms with Gasteiger partial charge in [0.25, 0.3) is 0 Å². The normalized spacial score (nSPS) is 19.0. The molecule has 1 atom stereocenters. The van der Waals surface area contributed by atoms with E-state index in [1.165, 1.54) is 12.5 Å². The Morgan fingerprint density at radius 2 is 2.03 bits per heavy atom. The smallest absolute Gasteiger partial charge is 0.192 e. The summed E-state index contributed by atoms with van der Waals surface area (Å²) >= 11 is 0. The van der Waals surface area contributed by atoms with E-state index in [1.807, 2.05) is 10.9 Å². The van der Waals surface area contributed by atoms with Crippen LogP contribution in [0.1, 0.15) is 54.3 Å². The number of benzene rings is 1. The quantitative estimate of drug-likeness (QED) is 0.571. The van der Waals surface area contributed by atoms with Gasteiger partial charge in [0.2, 0.25) is 0 Å². The number of carbonyl (C=O) groups excluding carboxylic acids is 1. The molecule has 1 fully saturated rings. The number of Topliss-reactive ketones (excluding diaryl/α,β-unsaturated/α-hetero) is 1. The average molecular weight is 446 g/mol. The molecule has 0 N–H and O–H groups in total. The summed E-state index contributed by atoms with van der Waals surface area (Å²) in [7, 11) is 0. The summed E-state index contributed by atoms with van der Waals surface area (Å²) in [5.41, 5.74) is 6.49. The monoisotopic (exact) mass is 445 g/mol. The van der Waals surface area contributed by atoms with Crippen LogP contribution in [-0.2, 0) is 17.6 Å². The van der Waals surface area contributed by atoms with E-state index < -0.39 is 0 Å². The molecule has 0 bridgehead atoms. The molecule has 0 aliphatic carbocycles. The fourth-order valence-electron chi connectivity index (χ4n) is 5.36. The van der Waals surface area contributed by atoms with Gasteiger partial charge in [0.1, 0.15) is 5.75 Å². The molecule has 7 heteroatoms. The summed E-state index contributed by atoms with van der Waals surface area (Å²) in [5.74, 6) is 1.03. The van der Waals surface area contributed by atoms with Gasteiger partial charge in [-0.1, -0.05) is 13.8 Å². The summed E-state index contributed by atoms with van der Waals surface area (Å²) < 4.78 is 15.6. The van der Waals surface area contributed by atoms with E-state index in [-0.39, 0.29) is 22.8 Å². The molecule has 3 aliphatic rings. The van der Waals surface area contributed by atoms with Crippen LogP contribution in [0.2, 0.25) is 0 Å². The Hall–Kier alpha value is -3.19. The lowest BCUT2D eigenvalue weighted by molar-refractivity contribution is -0.0286. The van der Waals surface area contributed by atoms with Crippen LogP contribution in [0.4, 0.5) is 0 Å². The second-order valence-electron chi connectivity index (χ2n) is 9.68. The summed E-state index contributed by atoms with van der Waals surface area (Å²) in [6, 6.07) is 4.33. The minimum atomic E-state index is -0.218. The molecule has 0 radical (unpaired) electrons. The zero-order valence-electron chi connectivity index (χ0n) is 19.1. The lowest BCUT2D eigenvalue weighted by Gasteiger charge is -2.34. The zero-order chi connectivity index (χ0) is 22.9. The van der Waals surface area contributed by atoms with Crippen LogP contribution in [0.25, 0.3) is 22.4 Å². The molecular weight excluding hydrogens is 418 g/mol. The van der Waals surface area contributed by atoms with E-state index in [0.29, 0.717) is 31.8 Å². The van der Waals surface area contributed by atoms with Crippen molar-refractivity contribution in [3.63, 3.8) is 0 Å². The highest BCUT2D eigenvalue weighted by Crippen LogP contribution is 2.48. The average Bonchev–Trinajstić information content (AvgIpc) is 3.40. The predicted octanol–water partition coefficient (Wildman–Crippen LogP) is 3.84. The van der Waals surface area contributed by atoms with Crippen LogP contribution in [0.5, 0.6) is 5.75 Å². The van der Waals surface area contributed by atoms with Gasteiger partial charge in [-0.15, -0.1) is 0 Å². The van der Waals surface area contributed by atoms with E-state index in [1.54, 1.807) is 12.3 Å². The number of fused-ring (bicyclic) bond motifs is 5. The molecule has 33 heavy (non-hydrogen) atoms. The molecule has 7 nitrogen and oxygen atoms in total. The van der Waals surface area contributed by atoms with Gasteiger partial charge in [-0.05, 0) is 30.9 Å². The van der Waals surface area contributed by atoms with E-state index in [9.17, 15) is 9.59 Å². The van der Waals surface area contributed by atoms with Crippen molar-refractivity contribution in [1.29, 1.82) is 0 Å². The van der Waals surface area contributed by atoms with Crippen LogP contribution < -0.4 is 10.2 Å². The first-order valence-electron chi connectivity index (χ1n) is 11.6. The highest BCUT2D eigenvalue weighted by molar-refractivity contribution is 5.94. The van der Waals surface area contributed by atoms with Crippen molar-refractivity contribution in [2.75, 3.05) is 19.8 Å². The van der Waals surface area contributed by atoms with Crippen LogP contribution in [-0.4, -0.2) is 40.0 Å². The second-order valence-corrected chi connectivity index (χ2v) is 9.68. The molecule has 0 amide bonds. The lowest BCUT2D eigenvalue weighted by atomic mass is 9.82. The Kier molecular flexibility index (Phi) is 4.59. The number of nitrogens with zero attached hydrogens (tertiary/aromatic N) is 3. The standard InChI is InChI=1S/C26H27N3O4/c1-14(2)22-7-16-6-20(17-9-27-29(10-17)18-12-32-13-18)26-19(4-5-33-26)25(16)23-8-24(31)21(15(3)30)11-28(22)23/h6,8-11,14,18,22H,4-5,7,12-13H2,1-3H3. The molecule has 1 saturated heterocycles. The largest absolute Gasteiger partial charge is 0.492 e. The topological polar surface area (TPSA) is 75.4 Å². The SMILES string of the molecule is CC(=O)c1cn2c(cc1=O)-c1c(cc(-c3cnn(C4COC4)c3)c3c1CCO3)CC2C(C)C. The maximum Gasteiger partial charge on any atom is 0.192 e. The number of carbonyl (C=O) groups is 1. The zero-order valence-corrected chi connectivity index (χ0v) is 19.1. The van der Waals surface area contributed by atoms with Gasteiger partial charge in [0.15, 0.2) is 11.2 Å². The molecular formula is C26H27N3O4. The van der Waals surface area contributed by atoms with Gasteiger partial charge in [-0.25, -0.2) is 0 Å².